The van der Waals surface area contributed by atoms with Gasteiger partial charge in [0.25, 0.3) is 5.91 Å². The molecule has 1 heterocycles. The number of phenols is 1. The van der Waals surface area contributed by atoms with Crippen LogP contribution in [0.5, 0.6) is 5.75 Å². The molecule has 5 heteroatoms. The van der Waals surface area contributed by atoms with Gasteiger partial charge in [-0.1, -0.05) is 0 Å². The third-order valence-electron chi connectivity index (χ3n) is 5.02. The molecule has 0 aromatic heterocycles. The van der Waals surface area contributed by atoms with Crippen LogP contribution in [-0.4, -0.2) is 55.2 Å². The Morgan fingerprint density at radius 2 is 1.50 bits per heavy atom. The van der Waals surface area contributed by atoms with Crippen molar-refractivity contribution in [1.29, 1.82) is 0 Å². The van der Waals surface area contributed by atoms with Crippen LogP contribution in [0, 0.1) is 0 Å². The number of rotatable bonds is 5. The van der Waals surface area contributed by atoms with E-state index in [4.69, 9.17) is 0 Å². The molecule has 5 nitrogen and oxygen atoms in total. The Morgan fingerprint density at radius 1 is 0.923 bits per heavy atom. The summed E-state index contributed by atoms with van der Waals surface area (Å²) in [5, 5.41) is 9.41. The lowest BCUT2D eigenvalue weighted by Gasteiger charge is -2.36. The Kier molecular flexibility index (Phi) is 5.66. The fraction of sp³-hybridized carbons (Fsp3) is 0.381. The molecule has 2 aromatic rings. The second-order valence-electron chi connectivity index (χ2n) is 6.51. The SMILES string of the molecule is CCN(CC)c1ccc(C(=O)N2CCN(c3ccc(O)cc3)CC2)cc1. The van der Waals surface area contributed by atoms with E-state index in [9.17, 15) is 9.90 Å². The summed E-state index contributed by atoms with van der Waals surface area (Å²) in [4.78, 5) is 19.2. The number of anilines is 2. The van der Waals surface area contributed by atoms with E-state index in [0.717, 1.165) is 43.1 Å². The van der Waals surface area contributed by atoms with Gasteiger partial charge in [-0.25, -0.2) is 0 Å². The second kappa shape index (κ2) is 8.13. The average molecular weight is 353 g/mol. The van der Waals surface area contributed by atoms with Crippen molar-refractivity contribution in [3.05, 3.63) is 54.1 Å². The number of piperazine rings is 1. The molecule has 1 fully saturated rings. The fourth-order valence-corrected chi connectivity index (χ4v) is 3.42. The van der Waals surface area contributed by atoms with Gasteiger partial charge in [-0.2, -0.15) is 0 Å². The molecule has 1 aliphatic heterocycles. The van der Waals surface area contributed by atoms with Gasteiger partial charge in [0.1, 0.15) is 5.75 Å². The highest BCUT2D eigenvalue weighted by atomic mass is 16.3. The predicted octanol–water partition coefficient (Wildman–Crippen LogP) is 3.20. The number of nitrogens with zero attached hydrogens (tertiary/aromatic N) is 3. The summed E-state index contributed by atoms with van der Waals surface area (Å²) in [7, 11) is 0. The minimum absolute atomic E-state index is 0.0986. The highest BCUT2D eigenvalue weighted by molar-refractivity contribution is 5.94. The van der Waals surface area contributed by atoms with Crippen LogP contribution in [0.25, 0.3) is 0 Å². The van der Waals surface area contributed by atoms with E-state index in [1.54, 1.807) is 12.1 Å². The molecule has 1 aliphatic rings. The molecule has 0 unspecified atom stereocenters. The van der Waals surface area contributed by atoms with E-state index < -0.39 is 0 Å². The van der Waals surface area contributed by atoms with Crippen molar-refractivity contribution < 1.29 is 9.90 Å². The van der Waals surface area contributed by atoms with Crippen LogP contribution in [0.2, 0.25) is 0 Å². The molecule has 0 bridgehead atoms. The Balaban J connectivity index is 1.60. The number of amides is 1. The largest absolute Gasteiger partial charge is 0.508 e. The Bertz CT molecular complexity index is 716. The van der Waals surface area contributed by atoms with Gasteiger partial charge in [-0.05, 0) is 62.4 Å². The first-order valence-corrected chi connectivity index (χ1v) is 9.30. The van der Waals surface area contributed by atoms with Crippen molar-refractivity contribution in [3.63, 3.8) is 0 Å². The number of benzene rings is 2. The number of aromatic hydroxyl groups is 1. The number of carbonyl (C=O) groups is 1. The Labute approximate surface area is 155 Å². The molecule has 0 aliphatic carbocycles. The van der Waals surface area contributed by atoms with Crippen LogP contribution < -0.4 is 9.80 Å². The number of hydrogen-bond donors (Lipinski definition) is 1. The van der Waals surface area contributed by atoms with Crippen LogP contribution in [0.3, 0.4) is 0 Å². The molecule has 1 saturated heterocycles. The molecular formula is C21H27N3O2. The molecule has 0 spiro atoms. The summed E-state index contributed by atoms with van der Waals surface area (Å²) in [6, 6.07) is 15.2. The maximum absolute atomic E-state index is 12.8. The van der Waals surface area contributed by atoms with Gasteiger partial charge in [0.2, 0.25) is 0 Å². The first kappa shape index (κ1) is 18.1. The third kappa shape index (κ3) is 3.93. The maximum atomic E-state index is 12.8. The first-order chi connectivity index (χ1) is 12.6. The molecule has 0 radical (unpaired) electrons. The van der Waals surface area contributed by atoms with Gasteiger partial charge in [-0.15, -0.1) is 0 Å². The van der Waals surface area contributed by atoms with Crippen molar-refractivity contribution in [1.82, 2.24) is 4.90 Å². The van der Waals surface area contributed by atoms with Crippen molar-refractivity contribution in [2.75, 3.05) is 49.1 Å². The van der Waals surface area contributed by atoms with Crippen LogP contribution in [0.1, 0.15) is 24.2 Å². The van der Waals surface area contributed by atoms with Gasteiger partial charge in [0.15, 0.2) is 0 Å². The summed E-state index contributed by atoms with van der Waals surface area (Å²) in [6.07, 6.45) is 0. The van der Waals surface area contributed by atoms with E-state index >= 15 is 0 Å². The smallest absolute Gasteiger partial charge is 0.253 e. The monoisotopic (exact) mass is 353 g/mol. The predicted molar refractivity (Wildman–Crippen MR) is 106 cm³/mol. The van der Waals surface area contributed by atoms with E-state index in [0.29, 0.717) is 13.1 Å². The molecule has 2 aromatic carbocycles. The Hall–Kier alpha value is -2.69. The van der Waals surface area contributed by atoms with Crippen molar-refractivity contribution in [3.8, 4) is 5.75 Å². The third-order valence-corrected chi connectivity index (χ3v) is 5.02. The quantitative estimate of drug-likeness (QED) is 0.897. The van der Waals surface area contributed by atoms with E-state index in [2.05, 4.69) is 23.6 Å². The Morgan fingerprint density at radius 3 is 2.04 bits per heavy atom. The molecule has 26 heavy (non-hydrogen) atoms. The highest BCUT2D eigenvalue weighted by Crippen LogP contribution is 2.21. The first-order valence-electron chi connectivity index (χ1n) is 9.30. The summed E-state index contributed by atoms with van der Waals surface area (Å²) < 4.78 is 0. The minimum Gasteiger partial charge on any atom is -0.508 e. The lowest BCUT2D eigenvalue weighted by atomic mass is 10.1. The van der Waals surface area contributed by atoms with Gasteiger partial charge < -0.3 is 19.8 Å². The topological polar surface area (TPSA) is 47.0 Å². The lowest BCUT2D eigenvalue weighted by molar-refractivity contribution is 0.0747. The van der Waals surface area contributed by atoms with E-state index in [1.807, 2.05) is 41.3 Å². The zero-order valence-electron chi connectivity index (χ0n) is 15.6. The molecule has 0 saturated carbocycles. The van der Waals surface area contributed by atoms with Gasteiger partial charge in [0, 0.05) is 56.2 Å². The molecule has 3 rings (SSSR count). The van der Waals surface area contributed by atoms with Crippen LogP contribution >= 0.6 is 0 Å². The zero-order valence-corrected chi connectivity index (χ0v) is 15.6. The van der Waals surface area contributed by atoms with Crippen LogP contribution in [0.15, 0.2) is 48.5 Å². The second-order valence-corrected chi connectivity index (χ2v) is 6.51. The number of phenolic OH excluding ortho intramolecular Hbond substituents is 1. The summed E-state index contributed by atoms with van der Waals surface area (Å²) in [5.74, 6) is 0.372. The zero-order chi connectivity index (χ0) is 18.5. The maximum Gasteiger partial charge on any atom is 0.253 e. The standard InChI is InChI=1S/C21H27N3O2/c1-3-22(4-2)18-7-5-17(6-8-18)21(26)24-15-13-23(14-16-24)19-9-11-20(25)12-10-19/h5-12,25H,3-4,13-16H2,1-2H3. The normalized spacial score (nSPS) is 14.4. The minimum atomic E-state index is 0.0986. The summed E-state index contributed by atoms with van der Waals surface area (Å²) in [6.45, 7) is 9.20. The van der Waals surface area contributed by atoms with Gasteiger partial charge in [0.05, 0.1) is 0 Å². The summed E-state index contributed by atoms with van der Waals surface area (Å²) >= 11 is 0. The molecule has 0 atom stereocenters. The van der Waals surface area contributed by atoms with Crippen LogP contribution in [-0.2, 0) is 0 Å². The average Bonchev–Trinajstić information content (AvgIpc) is 2.70. The fourth-order valence-electron chi connectivity index (χ4n) is 3.42. The van der Waals surface area contributed by atoms with Crippen molar-refractivity contribution >= 4 is 17.3 Å². The number of hydrogen-bond acceptors (Lipinski definition) is 4. The van der Waals surface area contributed by atoms with Crippen molar-refractivity contribution in [2.45, 2.75) is 13.8 Å². The van der Waals surface area contributed by atoms with E-state index in [-0.39, 0.29) is 11.7 Å². The highest BCUT2D eigenvalue weighted by Gasteiger charge is 2.22. The lowest BCUT2D eigenvalue weighted by Crippen LogP contribution is -2.48. The van der Waals surface area contributed by atoms with E-state index in [1.165, 1.54) is 0 Å². The molecule has 138 valence electrons. The molecule has 1 amide bonds. The number of carbonyl (C=O) groups excluding carboxylic acids is 1. The van der Waals surface area contributed by atoms with Gasteiger partial charge >= 0.3 is 0 Å². The summed E-state index contributed by atoms with van der Waals surface area (Å²) in [5.41, 5.74) is 2.99. The van der Waals surface area contributed by atoms with Crippen LogP contribution in [0.4, 0.5) is 11.4 Å². The molecule has 1 N–H and O–H groups in total. The van der Waals surface area contributed by atoms with Gasteiger partial charge in [-0.3, -0.25) is 4.79 Å². The van der Waals surface area contributed by atoms with Crippen molar-refractivity contribution in [2.24, 2.45) is 0 Å². The molecular weight excluding hydrogens is 326 g/mol.